The molecule has 1 nitrogen and oxygen atoms in total. The Kier molecular flexibility index (Phi) is 5.08. The van der Waals surface area contributed by atoms with Crippen molar-refractivity contribution in [1.29, 1.82) is 0 Å². The van der Waals surface area contributed by atoms with Gasteiger partial charge in [0.25, 0.3) is 0 Å². The van der Waals surface area contributed by atoms with Gasteiger partial charge in [0.1, 0.15) is 11.6 Å². The first-order valence-electron chi connectivity index (χ1n) is 5.25. The van der Waals surface area contributed by atoms with Gasteiger partial charge in [-0.15, -0.1) is 0 Å². The molecule has 0 unspecified atom stereocenters. The fraction of sp³-hybridized carbons (Fsp3) is 0.500. The van der Waals surface area contributed by atoms with Gasteiger partial charge in [0.15, 0.2) is 0 Å². The number of benzene rings is 1. The lowest BCUT2D eigenvalue weighted by atomic mass is 10.1. The minimum Gasteiger partial charge on any atom is -0.493 e. The summed E-state index contributed by atoms with van der Waals surface area (Å²) in [6.07, 6.45) is 1.83. The van der Waals surface area contributed by atoms with Crippen LogP contribution in [0.1, 0.15) is 25.3 Å². The van der Waals surface area contributed by atoms with Crippen LogP contribution < -0.4 is 4.74 Å². The molecule has 15 heavy (non-hydrogen) atoms. The lowest BCUT2D eigenvalue weighted by molar-refractivity contribution is 0.313. The van der Waals surface area contributed by atoms with E-state index in [-0.39, 0.29) is 12.5 Å². The summed E-state index contributed by atoms with van der Waals surface area (Å²) in [4.78, 5) is 0. The van der Waals surface area contributed by atoms with Gasteiger partial charge in [0.2, 0.25) is 0 Å². The number of hydrogen-bond donors (Lipinski definition) is 0. The van der Waals surface area contributed by atoms with Crippen LogP contribution in [0.25, 0.3) is 0 Å². The molecule has 0 aliphatic rings. The SMILES string of the molecule is CCCOc1ccc(F)cc1CCCF. The Balaban J connectivity index is 2.73. The quantitative estimate of drug-likeness (QED) is 0.704. The van der Waals surface area contributed by atoms with E-state index in [9.17, 15) is 8.78 Å². The predicted octanol–water partition coefficient (Wildman–Crippen LogP) is 3.52. The topological polar surface area (TPSA) is 9.23 Å². The summed E-state index contributed by atoms with van der Waals surface area (Å²) in [7, 11) is 0. The summed E-state index contributed by atoms with van der Waals surface area (Å²) in [5.74, 6) is 0.374. The van der Waals surface area contributed by atoms with E-state index in [1.165, 1.54) is 12.1 Å². The molecule has 0 saturated heterocycles. The molecule has 1 aromatic rings. The molecule has 0 heterocycles. The molecule has 0 N–H and O–H groups in total. The van der Waals surface area contributed by atoms with Crippen molar-refractivity contribution in [3.8, 4) is 5.75 Å². The highest BCUT2D eigenvalue weighted by Gasteiger charge is 2.05. The average Bonchev–Trinajstić information content (AvgIpc) is 2.25. The van der Waals surface area contributed by atoms with Gasteiger partial charge < -0.3 is 4.74 Å². The molecule has 0 bridgehead atoms. The molecular weight excluding hydrogens is 198 g/mol. The van der Waals surface area contributed by atoms with Crippen LogP contribution in [0.3, 0.4) is 0 Å². The first-order chi connectivity index (χ1) is 7.27. The summed E-state index contributed by atoms with van der Waals surface area (Å²) in [6, 6.07) is 4.39. The fourth-order valence-electron chi connectivity index (χ4n) is 1.35. The van der Waals surface area contributed by atoms with Gasteiger partial charge in [-0.1, -0.05) is 6.92 Å². The van der Waals surface area contributed by atoms with Crippen molar-refractivity contribution in [3.63, 3.8) is 0 Å². The zero-order valence-electron chi connectivity index (χ0n) is 8.93. The lowest BCUT2D eigenvalue weighted by Crippen LogP contribution is -2.00. The molecule has 0 spiro atoms. The number of aryl methyl sites for hydroxylation is 1. The third-order valence-corrected chi connectivity index (χ3v) is 2.06. The molecule has 3 heteroatoms. The van der Waals surface area contributed by atoms with Crippen molar-refractivity contribution in [2.75, 3.05) is 13.3 Å². The Labute approximate surface area is 89.1 Å². The third kappa shape index (κ3) is 3.86. The van der Waals surface area contributed by atoms with E-state index in [0.717, 1.165) is 12.0 Å². The second-order valence-corrected chi connectivity index (χ2v) is 3.39. The summed E-state index contributed by atoms with van der Waals surface area (Å²) in [6.45, 7) is 2.22. The standard InChI is InChI=1S/C12H16F2O/c1-2-8-15-12-6-5-11(14)9-10(12)4-3-7-13/h5-6,9H,2-4,7-8H2,1H3. The van der Waals surface area contributed by atoms with Crippen LogP contribution in [0.5, 0.6) is 5.75 Å². The molecule has 0 aliphatic heterocycles. The second-order valence-electron chi connectivity index (χ2n) is 3.39. The van der Waals surface area contributed by atoms with Crippen molar-refractivity contribution in [1.82, 2.24) is 0 Å². The van der Waals surface area contributed by atoms with E-state index in [4.69, 9.17) is 4.74 Å². The van der Waals surface area contributed by atoms with E-state index in [2.05, 4.69) is 0 Å². The van der Waals surface area contributed by atoms with Gasteiger partial charge in [0.05, 0.1) is 13.3 Å². The van der Waals surface area contributed by atoms with Crippen molar-refractivity contribution in [3.05, 3.63) is 29.6 Å². The maximum absolute atomic E-state index is 12.9. The molecule has 0 saturated carbocycles. The van der Waals surface area contributed by atoms with E-state index < -0.39 is 0 Å². The Bertz CT molecular complexity index is 300. The van der Waals surface area contributed by atoms with Crippen LogP contribution in [0.15, 0.2) is 18.2 Å². The smallest absolute Gasteiger partial charge is 0.123 e. The molecule has 0 radical (unpaired) electrons. The van der Waals surface area contributed by atoms with Crippen molar-refractivity contribution in [2.24, 2.45) is 0 Å². The average molecular weight is 214 g/mol. The summed E-state index contributed by atoms with van der Waals surface area (Å²) >= 11 is 0. The van der Waals surface area contributed by atoms with Crippen LogP contribution in [0, 0.1) is 5.82 Å². The number of ether oxygens (including phenoxy) is 1. The van der Waals surface area contributed by atoms with Crippen molar-refractivity contribution in [2.45, 2.75) is 26.2 Å². The maximum Gasteiger partial charge on any atom is 0.123 e. The zero-order chi connectivity index (χ0) is 11.1. The van der Waals surface area contributed by atoms with Crippen molar-refractivity contribution >= 4 is 0 Å². The van der Waals surface area contributed by atoms with Gasteiger partial charge in [-0.05, 0) is 43.0 Å². The largest absolute Gasteiger partial charge is 0.493 e. The normalized spacial score (nSPS) is 10.3. The minimum atomic E-state index is -0.385. The molecule has 0 fully saturated rings. The highest BCUT2D eigenvalue weighted by molar-refractivity contribution is 5.34. The van der Waals surface area contributed by atoms with E-state index in [1.54, 1.807) is 6.07 Å². The lowest BCUT2D eigenvalue weighted by Gasteiger charge is -2.10. The van der Waals surface area contributed by atoms with Gasteiger partial charge in [-0.25, -0.2) is 4.39 Å². The van der Waals surface area contributed by atoms with Crippen LogP contribution >= 0.6 is 0 Å². The first-order valence-corrected chi connectivity index (χ1v) is 5.25. The minimum absolute atomic E-state index is 0.298. The van der Waals surface area contributed by atoms with Crippen LogP contribution in [0.2, 0.25) is 0 Å². The number of halogens is 2. The van der Waals surface area contributed by atoms with Gasteiger partial charge in [0, 0.05) is 0 Å². The Morgan fingerprint density at radius 1 is 1.33 bits per heavy atom. The molecule has 0 amide bonds. The maximum atomic E-state index is 12.9. The van der Waals surface area contributed by atoms with Crippen LogP contribution in [-0.2, 0) is 6.42 Å². The Morgan fingerprint density at radius 3 is 2.80 bits per heavy atom. The van der Waals surface area contributed by atoms with Gasteiger partial charge in [-0.2, -0.15) is 0 Å². The summed E-state index contributed by atoms with van der Waals surface area (Å²) in [5, 5.41) is 0. The fourth-order valence-corrected chi connectivity index (χ4v) is 1.35. The molecule has 84 valence electrons. The Morgan fingerprint density at radius 2 is 2.13 bits per heavy atom. The highest BCUT2D eigenvalue weighted by atomic mass is 19.1. The highest BCUT2D eigenvalue weighted by Crippen LogP contribution is 2.21. The summed E-state index contributed by atoms with van der Waals surface area (Å²) < 4.78 is 30.4. The van der Waals surface area contributed by atoms with Crippen LogP contribution in [-0.4, -0.2) is 13.3 Å². The van der Waals surface area contributed by atoms with Crippen molar-refractivity contribution < 1.29 is 13.5 Å². The Hall–Kier alpha value is -1.12. The summed E-state index contributed by atoms with van der Waals surface area (Å²) in [5.41, 5.74) is 0.751. The van der Waals surface area contributed by atoms with Gasteiger partial charge >= 0.3 is 0 Å². The van der Waals surface area contributed by atoms with E-state index in [1.807, 2.05) is 6.92 Å². The number of rotatable bonds is 6. The molecule has 1 aromatic carbocycles. The molecule has 1 rings (SSSR count). The third-order valence-electron chi connectivity index (χ3n) is 2.06. The van der Waals surface area contributed by atoms with Crippen LogP contribution in [0.4, 0.5) is 8.78 Å². The monoisotopic (exact) mass is 214 g/mol. The zero-order valence-corrected chi connectivity index (χ0v) is 8.93. The van der Waals surface area contributed by atoms with Gasteiger partial charge in [-0.3, -0.25) is 4.39 Å². The van der Waals surface area contributed by atoms with E-state index >= 15 is 0 Å². The predicted molar refractivity (Wildman–Crippen MR) is 56.5 cm³/mol. The first kappa shape index (κ1) is 12.0. The number of hydrogen-bond acceptors (Lipinski definition) is 1. The molecule has 0 aliphatic carbocycles. The molecular formula is C12H16F2O. The van der Waals surface area contributed by atoms with E-state index in [0.29, 0.717) is 25.2 Å². The number of alkyl halides is 1. The molecule has 0 aromatic heterocycles. The molecule has 0 atom stereocenters. The second kappa shape index (κ2) is 6.38.